The molecule has 0 aromatic rings. The fourth-order valence-corrected chi connectivity index (χ4v) is 8.79. The second-order valence-corrected chi connectivity index (χ2v) is 11.6. The van der Waals surface area contributed by atoms with Gasteiger partial charge in [-0.15, -0.1) is 6.58 Å². The minimum Gasteiger partial charge on any atom is -0.411 e. The number of aliphatic hydroxyl groups is 1. The van der Waals surface area contributed by atoms with Crippen LogP contribution in [-0.2, 0) is 4.43 Å². The Kier molecular flexibility index (Phi) is 7.41. The smallest absolute Gasteiger partial charge is 0.200 e. The van der Waals surface area contributed by atoms with Gasteiger partial charge in [0.2, 0.25) is 8.32 Å². The summed E-state index contributed by atoms with van der Waals surface area (Å²) in [5.74, 6) is 0. The predicted octanol–water partition coefficient (Wildman–Crippen LogP) is 4.50. The lowest BCUT2D eigenvalue weighted by molar-refractivity contribution is 0.0384. The first-order chi connectivity index (χ1) is 8.20. The summed E-state index contributed by atoms with van der Waals surface area (Å²) < 4.78 is 6.48. The zero-order chi connectivity index (χ0) is 14.5. The van der Waals surface area contributed by atoms with Crippen molar-refractivity contribution in [2.24, 2.45) is 0 Å². The molecule has 0 aliphatic rings. The summed E-state index contributed by atoms with van der Waals surface area (Å²) in [7, 11) is -1.88. The Bertz CT molecular complexity index is 227. The highest BCUT2D eigenvalue weighted by Crippen LogP contribution is 2.43. The molecule has 0 aromatic heterocycles. The molecule has 0 spiro atoms. The number of hydrogen-bond donors (Lipinski definition) is 1. The summed E-state index contributed by atoms with van der Waals surface area (Å²) in [4.78, 5) is 0. The van der Waals surface area contributed by atoms with E-state index in [-0.39, 0.29) is 6.10 Å². The largest absolute Gasteiger partial charge is 0.411 e. The summed E-state index contributed by atoms with van der Waals surface area (Å²) in [5.41, 5.74) is 1.66. The summed E-state index contributed by atoms with van der Waals surface area (Å²) in [6, 6.07) is 0. The maximum absolute atomic E-state index is 10.1. The molecule has 0 aliphatic carbocycles. The van der Waals surface area contributed by atoms with Crippen LogP contribution in [0.4, 0.5) is 0 Å². The van der Waals surface area contributed by atoms with Crippen molar-refractivity contribution in [1.82, 2.24) is 0 Å². The van der Waals surface area contributed by atoms with Gasteiger partial charge >= 0.3 is 0 Å². The molecular formula is C15H32O2Si. The van der Waals surface area contributed by atoms with Gasteiger partial charge in [-0.1, -0.05) is 47.6 Å². The van der Waals surface area contributed by atoms with E-state index in [1.165, 1.54) is 0 Å². The molecule has 0 bridgehead atoms. The molecule has 0 amide bonds. The van der Waals surface area contributed by atoms with Crippen LogP contribution in [0.2, 0.25) is 16.6 Å². The molecule has 0 rings (SSSR count). The van der Waals surface area contributed by atoms with Crippen molar-refractivity contribution in [2.75, 3.05) is 0 Å². The fourth-order valence-electron chi connectivity index (χ4n) is 3.17. The molecule has 108 valence electrons. The Morgan fingerprint density at radius 1 is 1.00 bits per heavy atom. The molecule has 1 N–H and O–H groups in total. The van der Waals surface area contributed by atoms with Crippen molar-refractivity contribution in [2.45, 2.75) is 83.7 Å². The average molecular weight is 273 g/mol. The topological polar surface area (TPSA) is 29.5 Å². The van der Waals surface area contributed by atoms with Crippen LogP contribution < -0.4 is 0 Å². The third kappa shape index (κ3) is 3.94. The van der Waals surface area contributed by atoms with E-state index in [2.05, 4.69) is 48.1 Å². The third-order valence-electron chi connectivity index (χ3n) is 4.05. The Labute approximate surface area is 115 Å². The highest BCUT2D eigenvalue weighted by Gasteiger charge is 2.46. The first kappa shape index (κ1) is 17.9. The van der Waals surface area contributed by atoms with Crippen LogP contribution in [-0.4, -0.2) is 25.6 Å². The van der Waals surface area contributed by atoms with Crippen molar-refractivity contribution in [3.63, 3.8) is 0 Å². The summed E-state index contributed by atoms with van der Waals surface area (Å²) in [6.45, 7) is 19.2. The first-order valence-corrected chi connectivity index (χ1v) is 9.30. The van der Waals surface area contributed by atoms with E-state index in [0.717, 1.165) is 0 Å². The van der Waals surface area contributed by atoms with Crippen molar-refractivity contribution >= 4 is 8.32 Å². The minimum absolute atomic E-state index is 0.109. The molecule has 2 unspecified atom stereocenters. The lowest BCUT2D eigenvalue weighted by Gasteiger charge is -2.44. The van der Waals surface area contributed by atoms with E-state index >= 15 is 0 Å². The zero-order valence-electron chi connectivity index (χ0n) is 13.2. The normalized spacial score (nSPS) is 16.4. The van der Waals surface area contributed by atoms with Crippen LogP contribution in [0, 0.1) is 0 Å². The summed E-state index contributed by atoms with van der Waals surface area (Å²) >= 11 is 0. The quantitative estimate of drug-likeness (QED) is 0.520. The molecule has 0 heterocycles. The van der Waals surface area contributed by atoms with E-state index < -0.39 is 14.4 Å². The standard InChI is InChI=1S/C15H32O2Si/c1-9-10-15(16)14(8)17-18(11(2)3,12(4)5)13(6)7/h9,11-16H,1,10H2,2-8H3. The highest BCUT2D eigenvalue weighted by molar-refractivity contribution is 6.77. The average Bonchev–Trinajstić information content (AvgIpc) is 2.24. The molecule has 0 saturated heterocycles. The molecule has 2 atom stereocenters. The molecule has 18 heavy (non-hydrogen) atoms. The molecule has 0 saturated carbocycles. The Balaban J connectivity index is 5.05. The van der Waals surface area contributed by atoms with E-state index in [0.29, 0.717) is 23.0 Å². The van der Waals surface area contributed by atoms with E-state index in [4.69, 9.17) is 4.43 Å². The minimum atomic E-state index is -1.88. The van der Waals surface area contributed by atoms with Crippen LogP contribution in [0.15, 0.2) is 12.7 Å². The van der Waals surface area contributed by atoms with Crippen molar-refractivity contribution < 1.29 is 9.53 Å². The number of hydrogen-bond acceptors (Lipinski definition) is 2. The van der Waals surface area contributed by atoms with Crippen LogP contribution >= 0.6 is 0 Å². The molecule has 0 fully saturated rings. The van der Waals surface area contributed by atoms with Crippen LogP contribution in [0.25, 0.3) is 0 Å². The molecule has 3 heteroatoms. The lowest BCUT2D eigenvalue weighted by Crippen LogP contribution is -2.51. The van der Waals surface area contributed by atoms with Crippen molar-refractivity contribution in [3.8, 4) is 0 Å². The van der Waals surface area contributed by atoms with Gasteiger partial charge in [-0.25, -0.2) is 0 Å². The van der Waals surface area contributed by atoms with E-state index in [1.807, 2.05) is 6.92 Å². The van der Waals surface area contributed by atoms with E-state index in [1.54, 1.807) is 6.08 Å². The number of rotatable bonds is 8. The van der Waals surface area contributed by atoms with Gasteiger partial charge in [0, 0.05) is 0 Å². The second kappa shape index (κ2) is 7.46. The Hall–Kier alpha value is -0.123. The molecule has 0 aromatic carbocycles. The van der Waals surface area contributed by atoms with Gasteiger partial charge in [-0.05, 0) is 30.0 Å². The van der Waals surface area contributed by atoms with Crippen LogP contribution in [0.1, 0.15) is 54.9 Å². The first-order valence-electron chi connectivity index (χ1n) is 7.16. The van der Waals surface area contributed by atoms with Gasteiger partial charge in [0.1, 0.15) is 0 Å². The van der Waals surface area contributed by atoms with Gasteiger partial charge in [0.15, 0.2) is 0 Å². The van der Waals surface area contributed by atoms with Gasteiger partial charge in [-0.3, -0.25) is 0 Å². The zero-order valence-corrected chi connectivity index (χ0v) is 14.2. The fraction of sp³-hybridized carbons (Fsp3) is 0.867. The second-order valence-electron chi connectivity index (χ2n) is 6.23. The van der Waals surface area contributed by atoms with Crippen LogP contribution in [0.3, 0.4) is 0 Å². The lowest BCUT2D eigenvalue weighted by atomic mass is 10.2. The van der Waals surface area contributed by atoms with Gasteiger partial charge in [0.25, 0.3) is 0 Å². The van der Waals surface area contributed by atoms with Crippen molar-refractivity contribution in [3.05, 3.63) is 12.7 Å². The van der Waals surface area contributed by atoms with Gasteiger partial charge < -0.3 is 9.53 Å². The maximum atomic E-state index is 10.1. The summed E-state index contributed by atoms with van der Waals surface area (Å²) in [6.07, 6.45) is 1.81. The molecule has 2 nitrogen and oxygen atoms in total. The summed E-state index contributed by atoms with van der Waals surface area (Å²) in [5, 5.41) is 10.1. The van der Waals surface area contributed by atoms with E-state index in [9.17, 15) is 5.11 Å². The molecule has 0 aliphatic heterocycles. The number of aliphatic hydroxyl groups excluding tert-OH is 1. The molecular weight excluding hydrogens is 240 g/mol. The highest BCUT2D eigenvalue weighted by atomic mass is 28.4. The Morgan fingerprint density at radius 2 is 1.39 bits per heavy atom. The van der Waals surface area contributed by atoms with Crippen LogP contribution in [0.5, 0.6) is 0 Å². The predicted molar refractivity (Wildman–Crippen MR) is 82.4 cm³/mol. The van der Waals surface area contributed by atoms with Gasteiger partial charge in [0.05, 0.1) is 12.2 Å². The third-order valence-corrected chi connectivity index (χ3v) is 10.2. The van der Waals surface area contributed by atoms with Gasteiger partial charge in [-0.2, -0.15) is 0 Å². The maximum Gasteiger partial charge on any atom is 0.200 e. The Morgan fingerprint density at radius 3 is 1.67 bits per heavy atom. The van der Waals surface area contributed by atoms with Crippen molar-refractivity contribution in [1.29, 1.82) is 0 Å². The monoisotopic (exact) mass is 272 g/mol. The molecule has 0 radical (unpaired) electrons. The SMILES string of the molecule is C=CCC(O)C(C)O[Si](C(C)C)(C(C)C)C(C)C.